The lowest BCUT2D eigenvalue weighted by atomic mass is 10.1. The van der Waals surface area contributed by atoms with Crippen LogP contribution in [0.5, 0.6) is 0 Å². The van der Waals surface area contributed by atoms with Crippen molar-refractivity contribution in [2.45, 2.75) is 6.54 Å². The molecule has 0 aliphatic rings. The Hall–Kier alpha value is -3.40. The third-order valence-electron chi connectivity index (χ3n) is 4.70. The number of benzene rings is 3. The van der Waals surface area contributed by atoms with Gasteiger partial charge in [-0.2, -0.15) is 0 Å². The van der Waals surface area contributed by atoms with E-state index in [-0.39, 0.29) is 5.82 Å². The lowest BCUT2D eigenvalue weighted by molar-refractivity contribution is 0.626. The first kappa shape index (κ1) is 14.9. The highest BCUT2D eigenvalue weighted by molar-refractivity contribution is 5.86. The number of aromatic amines is 1. The van der Waals surface area contributed by atoms with Gasteiger partial charge in [0.25, 0.3) is 0 Å². The zero-order chi connectivity index (χ0) is 17.5. The molecular formula is C22H16FN3. The van der Waals surface area contributed by atoms with Crippen LogP contribution < -0.4 is 0 Å². The number of halogens is 1. The second-order valence-electron chi connectivity index (χ2n) is 6.45. The third kappa shape index (κ3) is 2.56. The summed E-state index contributed by atoms with van der Waals surface area (Å²) in [6, 6.07) is 23.1. The Kier molecular flexibility index (Phi) is 3.35. The van der Waals surface area contributed by atoms with E-state index in [4.69, 9.17) is 4.98 Å². The molecule has 5 aromatic rings. The molecule has 126 valence electrons. The number of H-pyrrole nitrogens is 1. The summed E-state index contributed by atoms with van der Waals surface area (Å²) in [6.07, 6.45) is 2.07. The van der Waals surface area contributed by atoms with Gasteiger partial charge in [0.1, 0.15) is 11.6 Å². The summed E-state index contributed by atoms with van der Waals surface area (Å²) in [5, 5.41) is 1.17. The average Bonchev–Trinajstić information content (AvgIpc) is 3.27. The molecule has 0 aliphatic heterocycles. The van der Waals surface area contributed by atoms with Gasteiger partial charge in [-0.3, -0.25) is 0 Å². The summed E-state index contributed by atoms with van der Waals surface area (Å²) in [5.74, 6) is 0.654. The minimum Gasteiger partial charge on any atom is -0.343 e. The molecule has 1 N–H and O–H groups in total. The molecule has 0 radical (unpaired) electrons. The Morgan fingerprint density at radius 3 is 2.62 bits per heavy atom. The van der Waals surface area contributed by atoms with Crippen molar-refractivity contribution < 1.29 is 4.39 Å². The maximum absolute atomic E-state index is 13.1. The van der Waals surface area contributed by atoms with Gasteiger partial charge in [-0.05, 0) is 47.3 Å². The first-order chi connectivity index (χ1) is 12.8. The topological polar surface area (TPSA) is 33.6 Å². The average molecular weight is 341 g/mol. The fraction of sp³-hybridized carbons (Fsp3) is 0.0455. The highest BCUT2D eigenvalue weighted by Crippen LogP contribution is 2.26. The zero-order valence-electron chi connectivity index (χ0n) is 14.0. The Balaban J connectivity index is 1.57. The largest absolute Gasteiger partial charge is 0.343 e. The van der Waals surface area contributed by atoms with Gasteiger partial charge in [-0.1, -0.05) is 36.4 Å². The summed E-state index contributed by atoms with van der Waals surface area (Å²) in [4.78, 5) is 8.07. The summed E-state index contributed by atoms with van der Waals surface area (Å²) in [7, 11) is 0. The third-order valence-corrected chi connectivity index (χ3v) is 4.70. The van der Waals surface area contributed by atoms with Crippen LogP contribution in [0.4, 0.5) is 4.39 Å². The predicted octanol–water partition coefficient (Wildman–Crippen LogP) is 5.37. The molecule has 0 saturated carbocycles. The molecular weight excluding hydrogens is 325 g/mol. The number of nitrogens with one attached hydrogen (secondary N) is 1. The molecule has 2 heterocycles. The highest BCUT2D eigenvalue weighted by atomic mass is 19.1. The fourth-order valence-corrected chi connectivity index (χ4v) is 3.35. The Morgan fingerprint density at radius 1 is 0.923 bits per heavy atom. The molecule has 4 heteroatoms. The van der Waals surface area contributed by atoms with E-state index in [0.717, 1.165) is 33.5 Å². The summed E-state index contributed by atoms with van der Waals surface area (Å²) in [6.45, 7) is 0.702. The minimum absolute atomic E-state index is 0.210. The van der Waals surface area contributed by atoms with Crippen molar-refractivity contribution in [2.24, 2.45) is 0 Å². The number of hydrogen-bond acceptors (Lipinski definition) is 1. The molecule has 0 unspecified atom stereocenters. The monoisotopic (exact) mass is 341 g/mol. The van der Waals surface area contributed by atoms with E-state index < -0.39 is 0 Å². The summed E-state index contributed by atoms with van der Waals surface area (Å²) in [5.41, 5.74) is 5.24. The van der Waals surface area contributed by atoms with Crippen molar-refractivity contribution in [1.82, 2.24) is 14.5 Å². The van der Waals surface area contributed by atoms with Crippen LogP contribution in [0, 0.1) is 5.82 Å². The van der Waals surface area contributed by atoms with Crippen LogP contribution in [-0.2, 0) is 6.54 Å². The Labute approximate surface area is 149 Å². The molecule has 26 heavy (non-hydrogen) atoms. The predicted molar refractivity (Wildman–Crippen MR) is 103 cm³/mol. The molecule has 0 bridgehead atoms. The first-order valence-corrected chi connectivity index (χ1v) is 8.55. The van der Waals surface area contributed by atoms with Crippen LogP contribution >= 0.6 is 0 Å². The van der Waals surface area contributed by atoms with Gasteiger partial charge in [0.05, 0.1) is 11.0 Å². The van der Waals surface area contributed by atoms with Crippen LogP contribution in [0.25, 0.3) is 33.3 Å². The van der Waals surface area contributed by atoms with Gasteiger partial charge in [0, 0.05) is 23.8 Å². The molecule has 5 rings (SSSR count). The number of hydrogen-bond donors (Lipinski definition) is 1. The standard InChI is InChI=1S/C22H16FN3/c23-18-9-5-15(6-10-18)14-26-12-11-16-7-8-17(13-21(16)26)22-24-19-3-1-2-4-20(19)25-22/h1-13H,14H2,(H,24,25). The first-order valence-electron chi connectivity index (χ1n) is 8.55. The molecule has 0 amide bonds. The maximum Gasteiger partial charge on any atom is 0.138 e. The molecule has 2 aromatic heterocycles. The highest BCUT2D eigenvalue weighted by Gasteiger charge is 2.08. The van der Waals surface area contributed by atoms with Gasteiger partial charge in [-0.15, -0.1) is 0 Å². The zero-order valence-corrected chi connectivity index (χ0v) is 14.0. The smallest absolute Gasteiger partial charge is 0.138 e. The van der Waals surface area contributed by atoms with Crippen molar-refractivity contribution in [1.29, 1.82) is 0 Å². The SMILES string of the molecule is Fc1ccc(Cn2ccc3ccc(-c4nc5ccccc5[nH]4)cc32)cc1. The van der Waals surface area contributed by atoms with Crippen LogP contribution in [0.3, 0.4) is 0 Å². The summed E-state index contributed by atoms with van der Waals surface area (Å²) >= 11 is 0. The van der Waals surface area contributed by atoms with Crippen molar-refractivity contribution in [2.75, 3.05) is 0 Å². The van der Waals surface area contributed by atoms with Gasteiger partial charge in [0.15, 0.2) is 0 Å². The Morgan fingerprint density at radius 2 is 1.77 bits per heavy atom. The van der Waals surface area contributed by atoms with Crippen LogP contribution in [0.15, 0.2) is 79.0 Å². The number of nitrogens with zero attached hydrogens (tertiary/aromatic N) is 2. The number of fused-ring (bicyclic) bond motifs is 2. The lowest BCUT2D eigenvalue weighted by Crippen LogP contribution is -1.98. The summed E-state index contributed by atoms with van der Waals surface area (Å²) < 4.78 is 15.3. The molecule has 3 aromatic carbocycles. The van der Waals surface area contributed by atoms with E-state index >= 15 is 0 Å². The second kappa shape index (κ2) is 5.85. The van der Waals surface area contributed by atoms with Gasteiger partial charge in [-0.25, -0.2) is 9.37 Å². The number of aromatic nitrogens is 3. The fourth-order valence-electron chi connectivity index (χ4n) is 3.35. The molecule has 0 fully saturated rings. The van der Waals surface area contributed by atoms with Gasteiger partial charge in [0.2, 0.25) is 0 Å². The lowest BCUT2D eigenvalue weighted by Gasteiger charge is -2.07. The van der Waals surface area contributed by atoms with Crippen molar-refractivity contribution in [3.63, 3.8) is 0 Å². The van der Waals surface area contributed by atoms with Crippen LogP contribution in [0.2, 0.25) is 0 Å². The van der Waals surface area contributed by atoms with E-state index in [0.29, 0.717) is 6.54 Å². The molecule has 0 aliphatic carbocycles. The number of rotatable bonds is 3. The van der Waals surface area contributed by atoms with E-state index in [1.807, 2.05) is 36.4 Å². The number of imidazole rings is 1. The van der Waals surface area contributed by atoms with Gasteiger partial charge < -0.3 is 9.55 Å². The van der Waals surface area contributed by atoms with Gasteiger partial charge >= 0.3 is 0 Å². The van der Waals surface area contributed by atoms with E-state index in [1.54, 1.807) is 0 Å². The quantitative estimate of drug-likeness (QED) is 0.470. The second-order valence-corrected chi connectivity index (χ2v) is 6.45. The minimum atomic E-state index is -0.210. The number of para-hydroxylation sites is 2. The maximum atomic E-state index is 13.1. The van der Waals surface area contributed by atoms with Crippen LogP contribution in [0.1, 0.15) is 5.56 Å². The van der Waals surface area contributed by atoms with E-state index in [2.05, 4.69) is 40.0 Å². The normalized spacial score (nSPS) is 11.4. The van der Waals surface area contributed by atoms with Crippen molar-refractivity contribution in [3.05, 3.63) is 90.4 Å². The van der Waals surface area contributed by atoms with Crippen molar-refractivity contribution in [3.8, 4) is 11.4 Å². The molecule has 0 atom stereocenters. The van der Waals surface area contributed by atoms with Crippen LogP contribution in [-0.4, -0.2) is 14.5 Å². The van der Waals surface area contributed by atoms with Crippen molar-refractivity contribution >= 4 is 21.9 Å². The van der Waals surface area contributed by atoms with E-state index in [1.165, 1.54) is 17.5 Å². The molecule has 3 nitrogen and oxygen atoms in total. The molecule has 0 saturated heterocycles. The van der Waals surface area contributed by atoms with E-state index in [9.17, 15) is 4.39 Å². The Bertz CT molecular complexity index is 1180. The molecule has 0 spiro atoms.